The zero-order valence-electron chi connectivity index (χ0n) is 13.5. The molecule has 0 spiro atoms. The molecule has 22 heavy (non-hydrogen) atoms. The number of amides is 1. The van der Waals surface area contributed by atoms with Gasteiger partial charge in [-0.05, 0) is 30.7 Å². The Kier molecular flexibility index (Phi) is 7.40. The molecule has 1 aliphatic carbocycles. The summed E-state index contributed by atoms with van der Waals surface area (Å²) >= 11 is 0. The van der Waals surface area contributed by atoms with Crippen molar-refractivity contribution < 1.29 is 9.53 Å². The van der Waals surface area contributed by atoms with Gasteiger partial charge in [0, 0.05) is 19.7 Å². The van der Waals surface area contributed by atoms with E-state index < -0.39 is 0 Å². The first-order valence-electron chi connectivity index (χ1n) is 8.32. The molecule has 1 aromatic carbocycles. The summed E-state index contributed by atoms with van der Waals surface area (Å²) in [6.07, 6.45) is 5.85. The van der Waals surface area contributed by atoms with Gasteiger partial charge in [0.05, 0.1) is 13.2 Å². The van der Waals surface area contributed by atoms with Gasteiger partial charge in [-0.3, -0.25) is 4.79 Å². The van der Waals surface area contributed by atoms with E-state index in [4.69, 9.17) is 4.74 Å². The smallest absolute Gasteiger partial charge is 0.234 e. The molecule has 122 valence electrons. The summed E-state index contributed by atoms with van der Waals surface area (Å²) in [5.41, 5.74) is 1.37. The highest BCUT2D eigenvalue weighted by atomic mass is 16.5. The minimum atomic E-state index is 0.0982. The Morgan fingerprint density at radius 3 is 2.77 bits per heavy atom. The highest BCUT2D eigenvalue weighted by Crippen LogP contribution is 2.27. The zero-order valence-corrected chi connectivity index (χ0v) is 13.5. The maximum Gasteiger partial charge on any atom is 0.234 e. The van der Waals surface area contributed by atoms with Crippen LogP contribution in [0.25, 0.3) is 0 Å². The van der Waals surface area contributed by atoms with Gasteiger partial charge in [-0.25, -0.2) is 0 Å². The lowest BCUT2D eigenvalue weighted by molar-refractivity contribution is -0.121. The average molecular weight is 304 g/mol. The predicted molar refractivity (Wildman–Crippen MR) is 88.8 cm³/mol. The Morgan fingerprint density at radius 2 is 2.00 bits per heavy atom. The van der Waals surface area contributed by atoms with E-state index in [-0.39, 0.29) is 5.91 Å². The van der Waals surface area contributed by atoms with Crippen LogP contribution in [-0.4, -0.2) is 38.8 Å². The van der Waals surface area contributed by atoms with Gasteiger partial charge in [0.2, 0.25) is 5.91 Å². The summed E-state index contributed by atoms with van der Waals surface area (Å²) in [7, 11) is 1.66. The van der Waals surface area contributed by atoms with E-state index in [1.807, 2.05) is 0 Å². The van der Waals surface area contributed by atoms with Gasteiger partial charge in [-0.2, -0.15) is 0 Å². The van der Waals surface area contributed by atoms with Crippen molar-refractivity contribution in [3.63, 3.8) is 0 Å². The van der Waals surface area contributed by atoms with Crippen molar-refractivity contribution in [1.29, 1.82) is 0 Å². The van der Waals surface area contributed by atoms with Crippen LogP contribution in [0.5, 0.6) is 0 Å². The van der Waals surface area contributed by atoms with E-state index in [2.05, 4.69) is 41.0 Å². The Hall–Kier alpha value is -1.39. The number of carbonyl (C=O) groups excluding carboxylic acids is 1. The summed E-state index contributed by atoms with van der Waals surface area (Å²) in [5, 5.41) is 6.33. The molecule has 0 heterocycles. The number of nitrogens with one attached hydrogen (secondary N) is 2. The predicted octanol–water partition coefficient (Wildman–Crippen LogP) is 2.14. The van der Waals surface area contributed by atoms with Crippen molar-refractivity contribution in [1.82, 2.24) is 10.6 Å². The minimum Gasteiger partial charge on any atom is -0.383 e. The molecule has 0 aliphatic heterocycles. The maximum absolute atomic E-state index is 12.1. The molecule has 1 fully saturated rings. The van der Waals surface area contributed by atoms with Crippen LogP contribution in [0.2, 0.25) is 0 Å². The minimum absolute atomic E-state index is 0.0982. The summed E-state index contributed by atoms with van der Waals surface area (Å²) in [6, 6.07) is 10.9. The molecule has 2 atom stereocenters. The third kappa shape index (κ3) is 5.78. The highest BCUT2D eigenvalue weighted by Gasteiger charge is 2.26. The fraction of sp³-hybridized carbons (Fsp3) is 0.611. The molecule has 2 N–H and O–H groups in total. The molecule has 0 aromatic heterocycles. The molecule has 0 radical (unpaired) electrons. The number of hydrogen-bond donors (Lipinski definition) is 2. The number of hydrogen-bond acceptors (Lipinski definition) is 3. The van der Waals surface area contributed by atoms with Crippen LogP contribution >= 0.6 is 0 Å². The molecule has 1 saturated carbocycles. The Balaban J connectivity index is 1.80. The second kappa shape index (κ2) is 9.59. The molecule has 0 saturated heterocycles. The number of methoxy groups -OCH3 is 1. The third-order valence-corrected chi connectivity index (χ3v) is 4.36. The van der Waals surface area contributed by atoms with Crippen molar-refractivity contribution in [3.05, 3.63) is 35.9 Å². The van der Waals surface area contributed by atoms with Crippen molar-refractivity contribution >= 4 is 5.91 Å². The summed E-state index contributed by atoms with van der Waals surface area (Å²) in [4.78, 5) is 12.1. The largest absolute Gasteiger partial charge is 0.383 e. The maximum atomic E-state index is 12.1. The van der Waals surface area contributed by atoms with Gasteiger partial charge < -0.3 is 15.4 Å². The van der Waals surface area contributed by atoms with E-state index in [0.29, 0.717) is 31.7 Å². The quantitative estimate of drug-likeness (QED) is 0.724. The van der Waals surface area contributed by atoms with Crippen LogP contribution < -0.4 is 10.6 Å². The molecule has 1 aliphatic rings. The SMILES string of the molecule is COCCNCC(=O)NC1CCCCC1Cc1ccccc1. The van der Waals surface area contributed by atoms with Crippen molar-refractivity contribution in [2.75, 3.05) is 26.8 Å². The lowest BCUT2D eigenvalue weighted by atomic mass is 9.80. The summed E-state index contributed by atoms with van der Waals surface area (Å²) in [6.45, 7) is 1.72. The highest BCUT2D eigenvalue weighted by molar-refractivity contribution is 5.78. The summed E-state index contributed by atoms with van der Waals surface area (Å²) < 4.78 is 4.96. The topological polar surface area (TPSA) is 50.4 Å². The molecular formula is C18H28N2O2. The first kappa shape index (κ1) is 17.0. The van der Waals surface area contributed by atoms with E-state index in [1.165, 1.54) is 24.8 Å². The third-order valence-electron chi connectivity index (χ3n) is 4.36. The second-order valence-corrected chi connectivity index (χ2v) is 6.08. The molecule has 2 rings (SSSR count). The Bertz CT molecular complexity index is 436. The van der Waals surface area contributed by atoms with Gasteiger partial charge >= 0.3 is 0 Å². The van der Waals surface area contributed by atoms with Crippen LogP contribution in [0.15, 0.2) is 30.3 Å². The van der Waals surface area contributed by atoms with E-state index in [0.717, 1.165) is 12.8 Å². The van der Waals surface area contributed by atoms with Crippen LogP contribution in [0.1, 0.15) is 31.2 Å². The van der Waals surface area contributed by atoms with Gasteiger partial charge in [0.1, 0.15) is 0 Å². The first-order valence-corrected chi connectivity index (χ1v) is 8.32. The van der Waals surface area contributed by atoms with Gasteiger partial charge in [-0.15, -0.1) is 0 Å². The van der Waals surface area contributed by atoms with Crippen molar-refractivity contribution in [2.45, 2.75) is 38.1 Å². The first-order chi connectivity index (χ1) is 10.8. The molecule has 2 unspecified atom stereocenters. The van der Waals surface area contributed by atoms with Gasteiger partial charge in [-0.1, -0.05) is 43.2 Å². The Morgan fingerprint density at radius 1 is 1.23 bits per heavy atom. The van der Waals surface area contributed by atoms with E-state index >= 15 is 0 Å². The molecule has 4 heteroatoms. The second-order valence-electron chi connectivity index (χ2n) is 6.08. The fourth-order valence-corrected chi connectivity index (χ4v) is 3.19. The Labute approximate surface area is 133 Å². The molecular weight excluding hydrogens is 276 g/mol. The molecule has 0 bridgehead atoms. The lowest BCUT2D eigenvalue weighted by Gasteiger charge is -2.32. The standard InChI is InChI=1S/C18H28N2O2/c1-22-12-11-19-14-18(21)20-17-10-6-5-9-16(17)13-15-7-3-2-4-8-15/h2-4,7-8,16-17,19H,5-6,9-14H2,1H3,(H,20,21). The molecule has 1 amide bonds. The molecule has 4 nitrogen and oxygen atoms in total. The normalized spacial score (nSPS) is 21.5. The number of ether oxygens (including phenoxy) is 1. The zero-order chi connectivity index (χ0) is 15.6. The van der Waals surface area contributed by atoms with Crippen LogP contribution in [-0.2, 0) is 16.0 Å². The number of benzene rings is 1. The van der Waals surface area contributed by atoms with Crippen LogP contribution in [0.3, 0.4) is 0 Å². The van der Waals surface area contributed by atoms with E-state index in [1.54, 1.807) is 7.11 Å². The fourth-order valence-electron chi connectivity index (χ4n) is 3.19. The monoisotopic (exact) mass is 304 g/mol. The average Bonchev–Trinajstić information content (AvgIpc) is 2.54. The van der Waals surface area contributed by atoms with Crippen LogP contribution in [0, 0.1) is 5.92 Å². The van der Waals surface area contributed by atoms with E-state index in [9.17, 15) is 4.79 Å². The number of carbonyl (C=O) groups is 1. The van der Waals surface area contributed by atoms with Gasteiger partial charge in [0.25, 0.3) is 0 Å². The number of rotatable bonds is 8. The lowest BCUT2D eigenvalue weighted by Crippen LogP contribution is -2.46. The molecule has 1 aromatic rings. The van der Waals surface area contributed by atoms with Gasteiger partial charge in [0.15, 0.2) is 0 Å². The summed E-state index contributed by atoms with van der Waals surface area (Å²) in [5.74, 6) is 0.653. The van der Waals surface area contributed by atoms with Crippen LogP contribution in [0.4, 0.5) is 0 Å². The van der Waals surface area contributed by atoms with Crippen molar-refractivity contribution in [3.8, 4) is 0 Å². The van der Waals surface area contributed by atoms with Crippen molar-refractivity contribution in [2.24, 2.45) is 5.92 Å².